The average Bonchev–Trinajstić information content (AvgIpc) is 2.22. The molecule has 1 aliphatic carbocycles. The molecule has 2 atom stereocenters. The van der Waals surface area contributed by atoms with Gasteiger partial charge < -0.3 is 4.74 Å². The van der Waals surface area contributed by atoms with Gasteiger partial charge in [-0.05, 0) is 47.2 Å². The molecule has 1 aliphatic rings. The van der Waals surface area contributed by atoms with Gasteiger partial charge in [0, 0.05) is 6.20 Å². The van der Waals surface area contributed by atoms with Crippen LogP contribution in [-0.4, -0.2) is 11.1 Å². The Bertz CT molecular complexity index is 372. The van der Waals surface area contributed by atoms with Crippen LogP contribution < -0.4 is 4.74 Å². The number of pyridine rings is 1. The summed E-state index contributed by atoms with van der Waals surface area (Å²) in [6.45, 7) is 2.28. The lowest BCUT2D eigenvalue weighted by molar-refractivity contribution is 0.123. The van der Waals surface area contributed by atoms with Crippen LogP contribution in [0, 0.1) is 5.92 Å². The van der Waals surface area contributed by atoms with Gasteiger partial charge in [0.05, 0.1) is 9.50 Å². The summed E-state index contributed by atoms with van der Waals surface area (Å²) >= 11 is 9.25. The SMILES string of the molecule is CC1CCCC(Oc2ncc(Cl)cc2Br)C1. The molecule has 16 heavy (non-hydrogen) atoms. The molecular weight excluding hydrogens is 289 g/mol. The van der Waals surface area contributed by atoms with Gasteiger partial charge >= 0.3 is 0 Å². The van der Waals surface area contributed by atoms with E-state index in [0.717, 1.165) is 23.2 Å². The van der Waals surface area contributed by atoms with Gasteiger partial charge in [-0.1, -0.05) is 24.9 Å². The molecule has 0 aliphatic heterocycles. The first-order chi connectivity index (χ1) is 7.65. The van der Waals surface area contributed by atoms with Crippen LogP contribution in [0.2, 0.25) is 5.02 Å². The summed E-state index contributed by atoms with van der Waals surface area (Å²) in [4.78, 5) is 4.20. The molecule has 0 radical (unpaired) electrons. The monoisotopic (exact) mass is 303 g/mol. The Hall–Kier alpha value is -0.280. The first kappa shape index (κ1) is 12.2. The van der Waals surface area contributed by atoms with Crippen LogP contribution in [0.3, 0.4) is 0 Å². The summed E-state index contributed by atoms with van der Waals surface area (Å²) in [7, 11) is 0. The number of rotatable bonds is 2. The predicted molar refractivity (Wildman–Crippen MR) is 69.0 cm³/mol. The zero-order chi connectivity index (χ0) is 11.5. The fraction of sp³-hybridized carbons (Fsp3) is 0.583. The average molecular weight is 305 g/mol. The highest BCUT2D eigenvalue weighted by Crippen LogP contribution is 2.30. The highest BCUT2D eigenvalue weighted by Gasteiger charge is 2.21. The van der Waals surface area contributed by atoms with Gasteiger partial charge in [-0.25, -0.2) is 4.98 Å². The molecule has 2 rings (SSSR count). The Morgan fingerprint density at radius 1 is 1.50 bits per heavy atom. The molecule has 2 nitrogen and oxygen atoms in total. The van der Waals surface area contributed by atoms with Gasteiger partial charge in [0.2, 0.25) is 5.88 Å². The highest BCUT2D eigenvalue weighted by molar-refractivity contribution is 9.10. The van der Waals surface area contributed by atoms with Gasteiger partial charge in [-0.3, -0.25) is 0 Å². The predicted octanol–water partition coefficient (Wildman–Crippen LogP) is 4.46. The van der Waals surface area contributed by atoms with Crippen molar-refractivity contribution in [3.63, 3.8) is 0 Å². The zero-order valence-electron chi connectivity index (χ0n) is 9.25. The van der Waals surface area contributed by atoms with Gasteiger partial charge in [-0.15, -0.1) is 0 Å². The van der Waals surface area contributed by atoms with E-state index in [2.05, 4.69) is 27.8 Å². The van der Waals surface area contributed by atoms with Gasteiger partial charge in [-0.2, -0.15) is 0 Å². The topological polar surface area (TPSA) is 22.1 Å². The molecule has 0 aromatic carbocycles. The van der Waals surface area contributed by atoms with Crippen LogP contribution in [0.1, 0.15) is 32.6 Å². The molecule has 1 aromatic heterocycles. The minimum absolute atomic E-state index is 0.300. The Morgan fingerprint density at radius 3 is 3.00 bits per heavy atom. The Labute approximate surface area is 109 Å². The maximum absolute atomic E-state index is 5.89. The Kier molecular flexibility index (Phi) is 4.09. The molecule has 1 fully saturated rings. The lowest BCUT2D eigenvalue weighted by Gasteiger charge is -2.27. The van der Waals surface area contributed by atoms with E-state index in [4.69, 9.17) is 16.3 Å². The first-order valence-electron chi connectivity index (χ1n) is 5.63. The van der Waals surface area contributed by atoms with Crippen molar-refractivity contribution in [1.29, 1.82) is 0 Å². The molecule has 88 valence electrons. The summed E-state index contributed by atoms with van der Waals surface area (Å²) in [5, 5.41) is 0.622. The van der Waals surface area contributed by atoms with E-state index < -0.39 is 0 Å². The van der Waals surface area contributed by atoms with Gasteiger partial charge in [0.25, 0.3) is 0 Å². The molecular formula is C12H15BrClNO. The minimum atomic E-state index is 0.300. The molecule has 2 unspecified atom stereocenters. The van der Waals surface area contributed by atoms with Crippen LogP contribution in [-0.2, 0) is 0 Å². The zero-order valence-corrected chi connectivity index (χ0v) is 11.6. The van der Waals surface area contributed by atoms with Crippen LogP contribution in [0.15, 0.2) is 16.7 Å². The van der Waals surface area contributed by atoms with Crippen LogP contribution in [0.25, 0.3) is 0 Å². The lowest BCUT2D eigenvalue weighted by atomic mass is 9.89. The number of ether oxygens (including phenoxy) is 1. The largest absolute Gasteiger partial charge is 0.474 e. The van der Waals surface area contributed by atoms with E-state index in [1.807, 2.05) is 6.07 Å². The van der Waals surface area contributed by atoms with E-state index in [-0.39, 0.29) is 0 Å². The third-order valence-electron chi connectivity index (χ3n) is 2.94. The first-order valence-corrected chi connectivity index (χ1v) is 6.80. The van der Waals surface area contributed by atoms with Crippen LogP contribution >= 0.6 is 27.5 Å². The van der Waals surface area contributed by atoms with Crippen molar-refractivity contribution in [3.8, 4) is 5.88 Å². The van der Waals surface area contributed by atoms with E-state index in [0.29, 0.717) is 17.0 Å². The van der Waals surface area contributed by atoms with Gasteiger partial charge in [0.15, 0.2) is 0 Å². The summed E-state index contributed by atoms with van der Waals surface area (Å²) in [6.07, 6.45) is 6.73. The second-order valence-corrected chi connectivity index (χ2v) is 5.74. The van der Waals surface area contributed by atoms with Crippen molar-refractivity contribution >= 4 is 27.5 Å². The number of nitrogens with zero attached hydrogens (tertiary/aromatic N) is 1. The van der Waals surface area contributed by atoms with E-state index in [1.54, 1.807) is 6.20 Å². The maximum Gasteiger partial charge on any atom is 0.228 e. The van der Waals surface area contributed by atoms with Crippen LogP contribution in [0.4, 0.5) is 0 Å². The van der Waals surface area contributed by atoms with Crippen LogP contribution in [0.5, 0.6) is 5.88 Å². The molecule has 0 spiro atoms. The molecule has 1 aromatic rings. The lowest BCUT2D eigenvalue weighted by Crippen LogP contribution is -2.24. The summed E-state index contributed by atoms with van der Waals surface area (Å²) in [6, 6.07) is 1.82. The number of halogens is 2. The summed E-state index contributed by atoms with van der Waals surface area (Å²) < 4.78 is 6.73. The Morgan fingerprint density at radius 2 is 2.31 bits per heavy atom. The Balaban J connectivity index is 2.02. The maximum atomic E-state index is 5.89. The van der Waals surface area contributed by atoms with E-state index in [1.165, 1.54) is 12.8 Å². The van der Waals surface area contributed by atoms with Crippen molar-refractivity contribution in [2.24, 2.45) is 5.92 Å². The summed E-state index contributed by atoms with van der Waals surface area (Å²) in [5.41, 5.74) is 0. The molecule has 0 N–H and O–H groups in total. The molecule has 1 heterocycles. The van der Waals surface area contributed by atoms with Crippen molar-refractivity contribution in [3.05, 3.63) is 21.8 Å². The fourth-order valence-corrected chi connectivity index (χ4v) is 2.86. The number of hydrogen-bond acceptors (Lipinski definition) is 2. The smallest absolute Gasteiger partial charge is 0.228 e. The molecule has 0 amide bonds. The van der Waals surface area contributed by atoms with E-state index >= 15 is 0 Å². The summed E-state index contributed by atoms with van der Waals surface area (Å²) in [5.74, 6) is 1.41. The number of hydrogen-bond donors (Lipinski definition) is 0. The van der Waals surface area contributed by atoms with Crippen molar-refractivity contribution in [2.45, 2.75) is 38.7 Å². The third kappa shape index (κ3) is 3.11. The number of aromatic nitrogens is 1. The highest BCUT2D eigenvalue weighted by atomic mass is 79.9. The van der Waals surface area contributed by atoms with Crippen molar-refractivity contribution < 1.29 is 4.74 Å². The van der Waals surface area contributed by atoms with Crippen molar-refractivity contribution in [2.75, 3.05) is 0 Å². The normalized spacial score (nSPS) is 25.4. The third-order valence-corrected chi connectivity index (χ3v) is 3.72. The molecule has 1 saturated carbocycles. The minimum Gasteiger partial charge on any atom is -0.474 e. The molecule has 4 heteroatoms. The second kappa shape index (κ2) is 5.37. The fourth-order valence-electron chi connectivity index (χ4n) is 2.13. The standard InChI is InChI=1S/C12H15BrClNO/c1-8-3-2-4-10(5-8)16-12-11(13)6-9(14)7-15-12/h6-8,10H,2-5H2,1H3. The van der Waals surface area contributed by atoms with Crippen molar-refractivity contribution in [1.82, 2.24) is 4.98 Å². The second-order valence-electron chi connectivity index (χ2n) is 4.45. The molecule has 0 saturated heterocycles. The molecule has 0 bridgehead atoms. The van der Waals surface area contributed by atoms with E-state index in [9.17, 15) is 0 Å². The quantitative estimate of drug-likeness (QED) is 0.805. The van der Waals surface area contributed by atoms with Gasteiger partial charge in [0.1, 0.15) is 6.10 Å².